The largest absolute Gasteiger partial charge is 0.342 e. The monoisotopic (exact) mass is 291 g/mol. The van der Waals surface area contributed by atoms with Gasteiger partial charge in [0.1, 0.15) is 0 Å². The molecule has 3 aliphatic rings. The van der Waals surface area contributed by atoms with Gasteiger partial charge in [-0.25, -0.2) is 4.98 Å². The number of piperidine rings is 1. The van der Waals surface area contributed by atoms with Gasteiger partial charge in [-0.05, 0) is 57.9 Å². The van der Waals surface area contributed by atoms with Gasteiger partial charge in [0.2, 0.25) is 0 Å². The number of fused-ring (bicyclic) bond motifs is 3. The molecular formula is C16H25N3S. The summed E-state index contributed by atoms with van der Waals surface area (Å²) in [4.78, 5) is 9.28. The van der Waals surface area contributed by atoms with Crippen LogP contribution in [-0.2, 0) is 12.8 Å². The Kier molecular flexibility index (Phi) is 3.47. The lowest BCUT2D eigenvalue weighted by Crippen LogP contribution is -2.49. The van der Waals surface area contributed by atoms with Crippen molar-refractivity contribution in [3.05, 3.63) is 10.6 Å². The Morgan fingerprint density at radius 3 is 2.65 bits per heavy atom. The summed E-state index contributed by atoms with van der Waals surface area (Å²) in [5, 5.41) is 5.01. The number of hydrogen-bond donors (Lipinski definition) is 1. The number of nitrogens with one attached hydrogen (secondary N) is 1. The molecule has 3 heterocycles. The fourth-order valence-corrected chi connectivity index (χ4v) is 5.69. The van der Waals surface area contributed by atoms with Crippen molar-refractivity contribution in [2.45, 2.75) is 76.4 Å². The lowest BCUT2D eigenvalue weighted by atomic mass is 9.98. The zero-order chi connectivity index (χ0) is 13.5. The molecular weight excluding hydrogens is 266 g/mol. The van der Waals surface area contributed by atoms with Gasteiger partial charge in [-0.2, -0.15) is 0 Å². The summed E-state index contributed by atoms with van der Waals surface area (Å²) in [5.41, 5.74) is 1.42. The third kappa shape index (κ3) is 2.17. The highest BCUT2D eigenvalue weighted by Gasteiger charge is 2.42. The van der Waals surface area contributed by atoms with E-state index >= 15 is 0 Å². The van der Waals surface area contributed by atoms with E-state index in [-0.39, 0.29) is 0 Å². The minimum absolute atomic E-state index is 0.739. The summed E-state index contributed by atoms with van der Waals surface area (Å²) in [6.45, 7) is 3.33. The van der Waals surface area contributed by atoms with E-state index in [2.05, 4.69) is 17.1 Å². The molecule has 4 heteroatoms. The smallest absolute Gasteiger partial charge is 0.186 e. The third-order valence-electron chi connectivity index (χ3n) is 5.28. The SMILES string of the molecule is CCNC1CC2CCC(C1)N2c1nc2c(s1)CCCC2. The van der Waals surface area contributed by atoms with E-state index in [9.17, 15) is 0 Å². The topological polar surface area (TPSA) is 28.2 Å². The van der Waals surface area contributed by atoms with E-state index in [0.717, 1.165) is 24.7 Å². The van der Waals surface area contributed by atoms with Gasteiger partial charge in [0.05, 0.1) is 5.69 Å². The second kappa shape index (κ2) is 5.30. The number of rotatable bonds is 3. The fraction of sp³-hybridized carbons (Fsp3) is 0.812. The maximum atomic E-state index is 5.01. The number of hydrogen-bond acceptors (Lipinski definition) is 4. The van der Waals surface area contributed by atoms with E-state index in [1.807, 2.05) is 11.3 Å². The summed E-state index contributed by atoms with van der Waals surface area (Å²) in [6.07, 6.45) is 10.6. The third-order valence-corrected chi connectivity index (χ3v) is 6.45. The molecule has 110 valence electrons. The molecule has 20 heavy (non-hydrogen) atoms. The Hall–Kier alpha value is -0.610. The van der Waals surface area contributed by atoms with Gasteiger partial charge in [0, 0.05) is 23.0 Å². The van der Waals surface area contributed by atoms with Crippen LogP contribution in [0.5, 0.6) is 0 Å². The predicted octanol–water partition coefficient (Wildman–Crippen LogP) is 3.13. The van der Waals surface area contributed by atoms with Crippen molar-refractivity contribution in [2.24, 2.45) is 0 Å². The molecule has 0 aromatic carbocycles. The summed E-state index contributed by atoms with van der Waals surface area (Å²) in [5.74, 6) is 0. The molecule has 0 radical (unpaired) electrons. The first-order chi connectivity index (χ1) is 9.85. The highest BCUT2D eigenvalue weighted by Crippen LogP contribution is 2.42. The molecule has 2 aliphatic heterocycles. The lowest BCUT2D eigenvalue weighted by Gasteiger charge is -2.39. The molecule has 3 nitrogen and oxygen atoms in total. The fourth-order valence-electron chi connectivity index (χ4n) is 4.39. The average Bonchev–Trinajstić information content (AvgIpc) is 2.98. The highest BCUT2D eigenvalue weighted by molar-refractivity contribution is 7.15. The molecule has 1 aromatic rings. The van der Waals surface area contributed by atoms with E-state index in [4.69, 9.17) is 4.98 Å². The predicted molar refractivity (Wildman–Crippen MR) is 84.7 cm³/mol. The van der Waals surface area contributed by atoms with Gasteiger partial charge >= 0.3 is 0 Å². The minimum atomic E-state index is 0.739. The lowest BCUT2D eigenvalue weighted by molar-refractivity contribution is 0.361. The first-order valence-electron chi connectivity index (χ1n) is 8.35. The van der Waals surface area contributed by atoms with Crippen LogP contribution in [0, 0.1) is 0 Å². The van der Waals surface area contributed by atoms with Gasteiger partial charge in [-0.3, -0.25) is 0 Å². The maximum Gasteiger partial charge on any atom is 0.186 e. The van der Waals surface area contributed by atoms with Crippen LogP contribution in [0.1, 0.15) is 56.0 Å². The van der Waals surface area contributed by atoms with Crippen LogP contribution in [0.4, 0.5) is 5.13 Å². The zero-order valence-corrected chi connectivity index (χ0v) is 13.2. The standard InChI is InChI=1S/C16H25N3S/c1-2-17-11-9-12-7-8-13(10-11)19(12)16-18-14-5-3-4-6-15(14)20-16/h11-13,17H,2-10H2,1H3. The molecule has 2 bridgehead atoms. The second-order valence-electron chi connectivity index (χ2n) is 6.59. The first kappa shape index (κ1) is 13.1. The molecule has 2 atom stereocenters. The molecule has 2 fully saturated rings. The first-order valence-corrected chi connectivity index (χ1v) is 9.17. The molecule has 0 saturated carbocycles. The Labute approximate surface area is 125 Å². The highest BCUT2D eigenvalue weighted by atomic mass is 32.1. The van der Waals surface area contributed by atoms with Crippen LogP contribution in [0.25, 0.3) is 0 Å². The maximum absolute atomic E-state index is 5.01. The van der Waals surface area contributed by atoms with E-state index in [1.165, 1.54) is 62.2 Å². The van der Waals surface area contributed by atoms with Crippen molar-refractivity contribution in [1.29, 1.82) is 0 Å². The van der Waals surface area contributed by atoms with Crippen molar-refractivity contribution >= 4 is 16.5 Å². The number of nitrogens with zero attached hydrogens (tertiary/aromatic N) is 2. The van der Waals surface area contributed by atoms with Crippen LogP contribution < -0.4 is 10.2 Å². The molecule has 1 aromatic heterocycles. The molecule has 1 N–H and O–H groups in total. The Morgan fingerprint density at radius 2 is 1.95 bits per heavy atom. The van der Waals surface area contributed by atoms with Crippen molar-refractivity contribution in [3.63, 3.8) is 0 Å². The van der Waals surface area contributed by atoms with Crippen LogP contribution >= 0.6 is 11.3 Å². The van der Waals surface area contributed by atoms with Gasteiger partial charge in [0.25, 0.3) is 0 Å². The second-order valence-corrected chi connectivity index (χ2v) is 7.65. The van der Waals surface area contributed by atoms with Gasteiger partial charge < -0.3 is 10.2 Å². The van der Waals surface area contributed by atoms with Crippen molar-refractivity contribution in [1.82, 2.24) is 10.3 Å². The van der Waals surface area contributed by atoms with E-state index in [1.54, 1.807) is 4.88 Å². The molecule has 0 spiro atoms. The molecule has 0 amide bonds. The van der Waals surface area contributed by atoms with Crippen molar-refractivity contribution in [2.75, 3.05) is 11.4 Å². The van der Waals surface area contributed by atoms with Crippen LogP contribution in [0.3, 0.4) is 0 Å². The van der Waals surface area contributed by atoms with Crippen LogP contribution in [0.15, 0.2) is 0 Å². The van der Waals surface area contributed by atoms with Gasteiger partial charge in [0.15, 0.2) is 5.13 Å². The molecule has 4 rings (SSSR count). The van der Waals surface area contributed by atoms with Gasteiger partial charge in [-0.15, -0.1) is 11.3 Å². The van der Waals surface area contributed by atoms with E-state index in [0.29, 0.717) is 0 Å². The Bertz CT molecular complexity index is 447. The molecule has 2 saturated heterocycles. The normalized spacial score (nSPS) is 32.5. The summed E-state index contributed by atoms with van der Waals surface area (Å²) in [7, 11) is 0. The average molecular weight is 291 g/mol. The Balaban J connectivity index is 1.56. The molecule has 1 aliphatic carbocycles. The van der Waals surface area contributed by atoms with Gasteiger partial charge in [-0.1, -0.05) is 6.92 Å². The van der Waals surface area contributed by atoms with E-state index < -0.39 is 0 Å². The summed E-state index contributed by atoms with van der Waals surface area (Å²) < 4.78 is 0. The van der Waals surface area contributed by atoms with Crippen LogP contribution in [-0.4, -0.2) is 29.7 Å². The summed E-state index contributed by atoms with van der Waals surface area (Å²) >= 11 is 2.00. The minimum Gasteiger partial charge on any atom is -0.342 e. The number of aromatic nitrogens is 1. The zero-order valence-electron chi connectivity index (χ0n) is 12.4. The number of anilines is 1. The Morgan fingerprint density at radius 1 is 1.20 bits per heavy atom. The van der Waals surface area contributed by atoms with Crippen molar-refractivity contribution in [3.8, 4) is 0 Å². The van der Waals surface area contributed by atoms with Crippen molar-refractivity contribution < 1.29 is 0 Å². The quantitative estimate of drug-likeness (QED) is 0.927. The summed E-state index contributed by atoms with van der Waals surface area (Å²) in [6, 6.07) is 2.22. The number of aryl methyl sites for hydroxylation is 2. The van der Waals surface area contributed by atoms with Crippen LogP contribution in [0.2, 0.25) is 0 Å². The molecule has 2 unspecified atom stereocenters. The number of thiazole rings is 1.